The predicted molar refractivity (Wildman–Crippen MR) is 94.0 cm³/mol. The molecule has 132 valence electrons. The summed E-state index contributed by atoms with van der Waals surface area (Å²) in [5.41, 5.74) is 0.833. The molecule has 0 fully saturated rings. The topological polar surface area (TPSA) is 50.2 Å². The highest BCUT2D eigenvalue weighted by molar-refractivity contribution is 7.13. The Kier molecular flexibility index (Phi) is 4.90. The molecule has 26 heavy (non-hydrogen) atoms. The molecule has 0 unspecified atom stereocenters. The van der Waals surface area contributed by atoms with Gasteiger partial charge in [-0.3, -0.25) is 4.79 Å². The third-order valence-corrected chi connectivity index (χ3v) is 4.45. The van der Waals surface area contributed by atoms with Gasteiger partial charge in [-0.1, -0.05) is 12.1 Å². The summed E-state index contributed by atoms with van der Waals surface area (Å²) >= 11 is 1.28. The fourth-order valence-electron chi connectivity index (χ4n) is 2.18. The number of benzene rings is 2. The van der Waals surface area contributed by atoms with Gasteiger partial charge >= 0.3 is 6.18 Å². The number of rotatable bonds is 4. The molecule has 2 aromatic carbocycles. The largest absolute Gasteiger partial charge is 0.508 e. The number of phenolic OH excluding ortho intramolecular Hbond substituents is 1. The van der Waals surface area contributed by atoms with Crippen LogP contribution in [0.25, 0.3) is 16.6 Å². The minimum atomic E-state index is -4.37. The van der Waals surface area contributed by atoms with Gasteiger partial charge < -0.3 is 5.11 Å². The molecule has 0 saturated heterocycles. The van der Waals surface area contributed by atoms with Crippen LogP contribution in [0, 0.1) is 0 Å². The van der Waals surface area contributed by atoms with Crippen LogP contribution in [0.15, 0.2) is 60.0 Å². The van der Waals surface area contributed by atoms with Gasteiger partial charge in [-0.05, 0) is 48.6 Å². The highest BCUT2D eigenvalue weighted by atomic mass is 32.1. The summed E-state index contributed by atoms with van der Waals surface area (Å²) < 4.78 is 37.8. The van der Waals surface area contributed by atoms with E-state index in [2.05, 4.69) is 4.98 Å². The van der Waals surface area contributed by atoms with E-state index in [1.54, 1.807) is 11.5 Å². The summed E-state index contributed by atoms with van der Waals surface area (Å²) in [4.78, 5) is 16.3. The smallest absolute Gasteiger partial charge is 0.416 e. The number of phenols is 1. The summed E-state index contributed by atoms with van der Waals surface area (Å²) in [7, 11) is 0. The Morgan fingerprint density at radius 1 is 1.04 bits per heavy atom. The van der Waals surface area contributed by atoms with Gasteiger partial charge in [-0.2, -0.15) is 13.2 Å². The molecular weight excluding hydrogens is 363 g/mol. The van der Waals surface area contributed by atoms with E-state index in [9.17, 15) is 23.1 Å². The molecule has 7 heteroatoms. The summed E-state index contributed by atoms with van der Waals surface area (Å²) in [6.45, 7) is 0. The number of allylic oxidation sites excluding steroid dienone is 1. The third kappa shape index (κ3) is 4.18. The van der Waals surface area contributed by atoms with Gasteiger partial charge in [0.2, 0.25) is 0 Å². The molecule has 3 rings (SSSR count). The van der Waals surface area contributed by atoms with E-state index in [4.69, 9.17) is 0 Å². The number of carbonyl (C=O) groups is 1. The van der Waals surface area contributed by atoms with Crippen molar-refractivity contribution in [3.05, 3.63) is 76.8 Å². The summed E-state index contributed by atoms with van der Waals surface area (Å²) in [6, 6.07) is 10.6. The Labute approximate surface area is 151 Å². The molecule has 0 aliphatic heterocycles. The van der Waals surface area contributed by atoms with Crippen molar-refractivity contribution >= 4 is 23.2 Å². The van der Waals surface area contributed by atoms with Gasteiger partial charge in [0.25, 0.3) is 0 Å². The average Bonchev–Trinajstić information content (AvgIpc) is 3.09. The molecule has 0 aliphatic carbocycles. The van der Waals surface area contributed by atoms with Gasteiger partial charge in [0.1, 0.15) is 10.8 Å². The van der Waals surface area contributed by atoms with Crippen LogP contribution in [-0.2, 0) is 6.18 Å². The van der Waals surface area contributed by atoms with Gasteiger partial charge in [0, 0.05) is 16.5 Å². The van der Waals surface area contributed by atoms with E-state index in [0.717, 1.165) is 12.1 Å². The summed E-state index contributed by atoms with van der Waals surface area (Å²) in [5.74, 6) is -0.166. The molecule has 1 aromatic heterocycles. The Morgan fingerprint density at radius 2 is 1.69 bits per heavy atom. The first-order valence-corrected chi connectivity index (χ1v) is 8.35. The van der Waals surface area contributed by atoms with Crippen LogP contribution >= 0.6 is 11.3 Å². The Hall–Kier alpha value is -2.93. The van der Waals surface area contributed by atoms with Crippen LogP contribution in [0.5, 0.6) is 5.75 Å². The molecule has 1 N–H and O–H groups in total. The van der Waals surface area contributed by atoms with E-state index < -0.39 is 11.7 Å². The lowest BCUT2D eigenvalue weighted by Crippen LogP contribution is -2.03. The lowest BCUT2D eigenvalue weighted by atomic mass is 10.1. The molecule has 3 nitrogen and oxygen atoms in total. The standard InChI is InChI=1S/C19H12F3NO2S/c20-19(21,22)14-5-1-13(2-6-14)18-23-15(11-26-18)7-10-17(25)12-3-8-16(24)9-4-12/h1-11,24H/b10-7+. The molecule has 0 spiro atoms. The number of ketones is 1. The molecule has 0 aliphatic rings. The average molecular weight is 375 g/mol. The SMILES string of the molecule is O=C(/C=C/c1csc(-c2ccc(C(F)(F)F)cc2)n1)c1ccc(O)cc1. The van der Waals surface area contributed by atoms with E-state index in [1.807, 2.05) is 0 Å². The fourth-order valence-corrected chi connectivity index (χ4v) is 2.97. The second-order valence-electron chi connectivity index (χ2n) is 5.40. The first-order valence-electron chi connectivity index (χ1n) is 7.47. The Morgan fingerprint density at radius 3 is 2.31 bits per heavy atom. The van der Waals surface area contributed by atoms with Crippen LogP contribution in [0.4, 0.5) is 13.2 Å². The lowest BCUT2D eigenvalue weighted by Gasteiger charge is -2.06. The van der Waals surface area contributed by atoms with Gasteiger partial charge in [0.15, 0.2) is 5.78 Å². The third-order valence-electron chi connectivity index (χ3n) is 3.54. The Balaban J connectivity index is 1.73. The van der Waals surface area contributed by atoms with E-state index in [-0.39, 0.29) is 11.5 Å². The minimum Gasteiger partial charge on any atom is -0.508 e. The van der Waals surface area contributed by atoms with Crippen molar-refractivity contribution in [2.45, 2.75) is 6.18 Å². The number of thiazole rings is 1. The normalized spacial score (nSPS) is 11.8. The van der Waals surface area contributed by atoms with Crippen molar-refractivity contribution in [1.29, 1.82) is 0 Å². The Bertz CT molecular complexity index is 942. The zero-order valence-corrected chi connectivity index (χ0v) is 14.0. The summed E-state index contributed by atoms with van der Waals surface area (Å²) in [5, 5.41) is 11.5. The van der Waals surface area contributed by atoms with Gasteiger partial charge in [-0.15, -0.1) is 11.3 Å². The van der Waals surface area contributed by atoms with Crippen molar-refractivity contribution in [2.75, 3.05) is 0 Å². The molecule has 0 atom stereocenters. The lowest BCUT2D eigenvalue weighted by molar-refractivity contribution is -0.137. The van der Waals surface area contributed by atoms with Crippen LogP contribution in [0.3, 0.4) is 0 Å². The minimum absolute atomic E-state index is 0.0752. The zero-order valence-electron chi connectivity index (χ0n) is 13.2. The maximum absolute atomic E-state index is 12.6. The first kappa shape index (κ1) is 17.9. The molecule has 0 radical (unpaired) electrons. The number of hydrogen-bond acceptors (Lipinski definition) is 4. The number of alkyl halides is 3. The molecule has 0 amide bonds. The summed E-state index contributed by atoms with van der Waals surface area (Å²) in [6.07, 6.45) is -1.47. The molecular formula is C19H12F3NO2S. The quantitative estimate of drug-likeness (QED) is 0.489. The van der Waals surface area contributed by atoms with Crippen molar-refractivity contribution in [3.8, 4) is 16.3 Å². The van der Waals surface area contributed by atoms with Crippen molar-refractivity contribution in [3.63, 3.8) is 0 Å². The van der Waals surface area contributed by atoms with Gasteiger partial charge in [-0.25, -0.2) is 4.98 Å². The van der Waals surface area contributed by atoms with E-state index in [0.29, 0.717) is 21.8 Å². The maximum Gasteiger partial charge on any atom is 0.416 e. The van der Waals surface area contributed by atoms with Gasteiger partial charge in [0.05, 0.1) is 11.3 Å². The second-order valence-corrected chi connectivity index (χ2v) is 6.26. The number of carbonyl (C=O) groups excluding carboxylic acids is 1. The molecule has 0 bridgehead atoms. The number of aromatic hydroxyl groups is 1. The molecule has 1 heterocycles. The first-order chi connectivity index (χ1) is 12.3. The van der Waals surface area contributed by atoms with Crippen LogP contribution < -0.4 is 0 Å². The van der Waals surface area contributed by atoms with Crippen LogP contribution in [0.1, 0.15) is 21.6 Å². The number of hydrogen-bond donors (Lipinski definition) is 1. The number of nitrogens with zero attached hydrogens (tertiary/aromatic N) is 1. The van der Waals surface area contributed by atoms with Crippen LogP contribution in [0.2, 0.25) is 0 Å². The van der Waals surface area contributed by atoms with Crippen molar-refractivity contribution in [2.24, 2.45) is 0 Å². The van der Waals surface area contributed by atoms with Crippen molar-refractivity contribution in [1.82, 2.24) is 4.98 Å². The molecule has 3 aromatic rings. The van der Waals surface area contributed by atoms with Crippen LogP contribution in [-0.4, -0.2) is 15.9 Å². The monoisotopic (exact) mass is 375 g/mol. The zero-order chi connectivity index (χ0) is 18.7. The number of aromatic nitrogens is 1. The molecule has 0 saturated carbocycles. The fraction of sp³-hybridized carbons (Fsp3) is 0.0526. The second kappa shape index (κ2) is 7.13. The maximum atomic E-state index is 12.6. The van der Waals surface area contributed by atoms with Crippen molar-refractivity contribution < 1.29 is 23.1 Å². The van der Waals surface area contributed by atoms with E-state index >= 15 is 0 Å². The number of halogens is 3. The highest BCUT2D eigenvalue weighted by Gasteiger charge is 2.30. The predicted octanol–water partition coefficient (Wildman–Crippen LogP) is 5.43. The highest BCUT2D eigenvalue weighted by Crippen LogP contribution is 2.31. The van der Waals surface area contributed by atoms with E-state index in [1.165, 1.54) is 53.8 Å².